The van der Waals surface area contributed by atoms with Gasteiger partial charge in [0.2, 0.25) is 0 Å². The highest BCUT2D eigenvalue weighted by Crippen LogP contribution is 2.27. The number of hydrogen-bond donors (Lipinski definition) is 2. The molecule has 9 heteroatoms. The quantitative estimate of drug-likeness (QED) is 0.153. The number of benzene rings is 1. The molecule has 0 radical (unpaired) electrons. The molecule has 0 heterocycles. The van der Waals surface area contributed by atoms with Crippen LogP contribution in [0.25, 0.3) is 0 Å². The molecule has 6 nitrogen and oxygen atoms in total. The maximum Gasteiger partial charge on any atom is 0.333 e. The van der Waals surface area contributed by atoms with Gasteiger partial charge in [0.15, 0.2) is 5.54 Å². The van der Waals surface area contributed by atoms with E-state index >= 15 is 0 Å². The number of carbonyl (C=O) groups is 2. The van der Waals surface area contributed by atoms with E-state index in [1.165, 1.54) is 0 Å². The summed E-state index contributed by atoms with van der Waals surface area (Å²) in [5, 5.41) is 0.955. The molecule has 164 valence electrons. The number of amides is 1. The predicted molar refractivity (Wildman–Crippen MR) is 121 cm³/mol. The fraction of sp³-hybridized carbons (Fsp3) is 0.600. The molecule has 0 unspecified atom stereocenters. The highest BCUT2D eigenvalue weighted by atomic mass is 35.5. The number of alkyl halides is 2. The number of carbonyl (C=O) groups excluding carboxylic acids is 2. The molecule has 0 aliphatic carbocycles. The van der Waals surface area contributed by atoms with Crippen molar-refractivity contribution in [2.75, 3.05) is 30.4 Å². The zero-order chi connectivity index (χ0) is 21.9. The van der Waals surface area contributed by atoms with Crippen molar-refractivity contribution in [1.82, 2.24) is 5.01 Å². The lowest BCUT2D eigenvalue weighted by atomic mass is 9.90. The molecular formula is C20H31Cl2N3O3S. The third-order valence-corrected chi connectivity index (χ3v) is 5.72. The number of ether oxygens (including phenoxy) is 1. The van der Waals surface area contributed by atoms with E-state index in [1.54, 1.807) is 18.7 Å². The van der Waals surface area contributed by atoms with Crippen molar-refractivity contribution in [2.24, 2.45) is 11.6 Å². The van der Waals surface area contributed by atoms with Crippen LogP contribution >= 0.6 is 35.0 Å². The minimum Gasteiger partial charge on any atom is -0.464 e. The van der Waals surface area contributed by atoms with Crippen LogP contribution in [-0.2, 0) is 27.2 Å². The molecule has 0 spiro atoms. The molecule has 1 aromatic carbocycles. The smallest absolute Gasteiger partial charge is 0.333 e. The third-order valence-electron chi connectivity index (χ3n) is 4.73. The molecule has 0 saturated carbocycles. The van der Waals surface area contributed by atoms with Crippen LogP contribution in [0.4, 0.5) is 0 Å². The Hall–Kier alpha value is -0.990. The largest absolute Gasteiger partial charge is 0.464 e. The summed E-state index contributed by atoms with van der Waals surface area (Å²) in [4.78, 5) is 25.8. The van der Waals surface area contributed by atoms with Crippen molar-refractivity contribution in [3.8, 4) is 0 Å². The molecule has 0 bridgehead atoms. The second-order valence-electron chi connectivity index (χ2n) is 6.71. The number of esters is 1. The van der Waals surface area contributed by atoms with Crippen LogP contribution in [0.15, 0.2) is 24.3 Å². The normalized spacial score (nSPS) is 14.1. The van der Waals surface area contributed by atoms with Gasteiger partial charge in [-0.15, -0.1) is 23.2 Å². The van der Waals surface area contributed by atoms with Crippen molar-refractivity contribution in [3.63, 3.8) is 0 Å². The van der Waals surface area contributed by atoms with Gasteiger partial charge in [-0.25, -0.2) is 10.6 Å². The predicted octanol–water partition coefficient (Wildman–Crippen LogP) is 2.72. The number of hydrogen-bond acceptors (Lipinski definition) is 6. The average Bonchev–Trinajstić information content (AvgIpc) is 2.70. The minimum absolute atomic E-state index is 0.157. The first-order chi connectivity index (χ1) is 13.9. The average molecular weight is 464 g/mol. The van der Waals surface area contributed by atoms with Crippen molar-refractivity contribution in [3.05, 3.63) is 35.4 Å². The molecule has 1 aromatic rings. The molecule has 29 heavy (non-hydrogen) atoms. The molecule has 0 aliphatic rings. The number of aryl methyl sites for hydroxylation is 1. The van der Waals surface area contributed by atoms with Crippen LogP contribution in [0.2, 0.25) is 0 Å². The highest BCUT2D eigenvalue weighted by molar-refractivity contribution is 7.98. The van der Waals surface area contributed by atoms with Crippen LogP contribution in [-0.4, -0.2) is 58.8 Å². The molecule has 0 fully saturated rings. The van der Waals surface area contributed by atoms with Crippen LogP contribution in [0.5, 0.6) is 0 Å². The lowest BCUT2D eigenvalue weighted by molar-refractivity contribution is -0.165. The molecule has 0 aromatic heterocycles. The maximum atomic E-state index is 13.0. The SMILES string of the molecule is CCOC(=O)[C@](CCCl)(CCSC)N(N)C(=O)[C@@H](N)Cc1cccc(CCCl)c1. The first kappa shape index (κ1) is 26.0. The molecule has 4 N–H and O–H groups in total. The summed E-state index contributed by atoms with van der Waals surface area (Å²) in [5.74, 6) is 6.42. The Labute approximate surface area is 187 Å². The molecule has 1 rings (SSSR count). The number of thioether (sulfide) groups is 1. The fourth-order valence-corrected chi connectivity index (χ4v) is 4.19. The number of nitrogens with two attached hydrogens (primary N) is 2. The van der Waals surface area contributed by atoms with Crippen molar-refractivity contribution in [2.45, 2.75) is 44.2 Å². The number of rotatable bonds is 13. The van der Waals surface area contributed by atoms with Crippen LogP contribution < -0.4 is 11.6 Å². The number of nitrogens with zero attached hydrogens (tertiary/aromatic N) is 1. The van der Waals surface area contributed by atoms with Gasteiger partial charge in [-0.05, 0) is 55.7 Å². The third kappa shape index (κ3) is 7.33. The summed E-state index contributed by atoms with van der Waals surface area (Å²) < 4.78 is 5.23. The van der Waals surface area contributed by atoms with Gasteiger partial charge < -0.3 is 10.5 Å². The van der Waals surface area contributed by atoms with E-state index in [0.29, 0.717) is 24.5 Å². The van der Waals surface area contributed by atoms with Gasteiger partial charge >= 0.3 is 5.97 Å². The topological polar surface area (TPSA) is 98.6 Å². The van der Waals surface area contributed by atoms with Gasteiger partial charge in [-0.3, -0.25) is 9.80 Å². The Balaban J connectivity index is 3.06. The van der Waals surface area contributed by atoms with Crippen molar-refractivity contribution >= 4 is 46.8 Å². The van der Waals surface area contributed by atoms with E-state index in [2.05, 4.69) is 0 Å². The van der Waals surface area contributed by atoms with E-state index in [9.17, 15) is 9.59 Å². The Morgan fingerprint density at radius 3 is 2.52 bits per heavy atom. The molecule has 0 aliphatic heterocycles. The first-order valence-corrected chi connectivity index (χ1v) is 12.0. The molecule has 0 saturated heterocycles. The lowest BCUT2D eigenvalue weighted by Crippen LogP contribution is -2.64. The number of halogens is 2. The van der Waals surface area contributed by atoms with Gasteiger partial charge in [0.1, 0.15) is 0 Å². The highest BCUT2D eigenvalue weighted by Gasteiger charge is 2.47. The summed E-state index contributed by atoms with van der Waals surface area (Å²) in [6, 6.07) is 6.86. The van der Waals surface area contributed by atoms with Crippen LogP contribution in [0, 0.1) is 0 Å². The Bertz CT molecular complexity index is 666. The van der Waals surface area contributed by atoms with Gasteiger partial charge in [0, 0.05) is 11.8 Å². The molecule has 2 atom stereocenters. The summed E-state index contributed by atoms with van der Waals surface area (Å²) in [7, 11) is 0. The van der Waals surface area contributed by atoms with E-state index in [0.717, 1.165) is 22.6 Å². The number of hydrazine groups is 1. The van der Waals surface area contributed by atoms with Crippen LogP contribution in [0.3, 0.4) is 0 Å². The lowest BCUT2D eigenvalue weighted by Gasteiger charge is -2.39. The summed E-state index contributed by atoms with van der Waals surface area (Å²) in [6.07, 6.45) is 3.47. The molecule has 1 amide bonds. The second-order valence-corrected chi connectivity index (χ2v) is 8.45. The van der Waals surface area contributed by atoms with Gasteiger partial charge in [-0.2, -0.15) is 11.8 Å². The standard InChI is InChI=1S/C20H31Cl2N3O3S/c1-3-28-19(27)20(8-11-22,9-12-29-2)25(24)18(26)17(23)14-16-6-4-5-15(13-16)7-10-21/h4-6,13,17H,3,7-12,14,23-24H2,1-2H3/t17-,20-/m0/s1. The summed E-state index contributed by atoms with van der Waals surface area (Å²) in [5.41, 5.74) is 6.83. The fourth-order valence-electron chi connectivity index (χ4n) is 3.11. The first-order valence-electron chi connectivity index (χ1n) is 9.56. The zero-order valence-corrected chi connectivity index (χ0v) is 19.4. The zero-order valence-electron chi connectivity index (χ0n) is 17.0. The minimum atomic E-state index is -1.34. The molecular weight excluding hydrogens is 433 g/mol. The van der Waals surface area contributed by atoms with E-state index in [-0.39, 0.29) is 18.9 Å². The van der Waals surface area contributed by atoms with E-state index in [1.807, 2.05) is 30.5 Å². The van der Waals surface area contributed by atoms with E-state index in [4.69, 9.17) is 39.5 Å². The maximum absolute atomic E-state index is 13.0. The van der Waals surface area contributed by atoms with Gasteiger partial charge in [0.25, 0.3) is 5.91 Å². The summed E-state index contributed by atoms with van der Waals surface area (Å²) in [6.45, 7) is 1.89. The van der Waals surface area contributed by atoms with E-state index < -0.39 is 23.5 Å². The van der Waals surface area contributed by atoms with Crippen molar-refractivity contribution in [1.29, 1.82) is 0 Å². The van der Waals surface area contributed by atoms with Crippen molar-refractivity contribution < 1.29 is 14.3 Å². The van der Waals surface area contributed by atoms with Crippen LogP contribution in [0.1, 0.15) is 30.9 Å². The Kier molecular flexibility index (Phi) is 12.0. The summed E-state index contributed by atoms with van der Waals surface area (Å²) >= 11 is 13.3. The second kappa shape index (κ2) is 13.3. The van der Waals surface area contributed by atoms with Gasteiger partial charge in [0.05, 0.1) is 12.6 Å². The van der Waals surface area contributed by atoms with Gasteiger partial charge in [-0.1, -0.05) is 24.3 Å². The Morgan fingerprint density at radius 1 is 1.24 bits per heavy atom. The Morgan fingerprint density at radius 2 is 1.93 bits per heavy atom. The monoisotopic (exact) mass is 463 g/mol.